The average molecular weight is 251 g/mol. The predicted octanol–water partition coefficient (Wildman–Crippen LogP) is 2.07. The number of esters is 1. The number of carbonyl (C=O) groups excluding carboxylic acids is 1. The molecule has 0 aliphatic heterocycles. The summed E-state index contributed by atoms with van der Waals surface area (Å²) in [5.41, 5.74) is 0.292. The Hall–Kier alpha value is -1.93. The number of hydrogen-bond donors (Lipinski definition) is 1. The van der Waals surface area contributed by atoms with Gasteiger partial charge in [0.2, 0.25) is 0 Å². The summed E-state index contributed by atoms with van der Waals surface area (Å²) in [6.45, 7) is 2.00. The van der Waals surface area contributed by atoms with E-state index in [1.807, 2.05) is 0 Å². The van der Waals surface area contributed by atoms with Crippen LogP contribution in [0.2, 0.25) is 0 Å². The second-order valence-corrected chi connectivity index (χ2v) is 3.71. The van der Waals surface area contributed by atoms with E-state index in [0.717, 1.165) is 6.07 Å². The Labute approximate surface area is 105 Å². The first-order chi connectivity index (χ1) is 8.58. The van der Waals surface area contributed by atoms with Crippen molar-refractivity contribution in [1.82, 2.24) is 0 Å². The second-order valence-electron chi connectivity index (χ2n) is 3.71. The molecule has 4 nitrogen and oxygen atoms in total. The molecule has 0 fully saturated rings. The molecule has 0 radical (unpaired) electrons. The molecule has 0 saturated carbocycles. The summed E-state index contributed by atoms with van der Waals surface area (Å²) >= 11 is 0. The lowest BCUT2D eigenvalue weighted by molar-refractivity contribution is -0.143. The maximum Gasteiger partial charge on any atom is 0.305 e. The van der Waals surface area contributed by atoms with Gasteiger partial charge in [0.1, 0.15) is 11.9 Å². The number of halogens is 1. The topological polar surface area (TPSA) is 70.3 Å². The van der Waals surface area contributed by atoms with E-state index in [9.17, 15) is 14.3 Å². The van der Waals surface area contributed by atoms with Crippen molar-refractivity contribution in [3.05, 3.63) is 35.1 Å². The second kappa shape index (κ2) is 6.72. The predicted molar refractivity (Wildman–Crippen MR) is 61.9 cm³/mol. The summed E-state index contributed by atoms with van der Waals surface area (Å²) in [4.78, 5) is 11.1. The number of benzene rings is 1. The molecule has 5 heteroatoms. The number of ether oxygens (including phenoxy) is 1. The first kappa shape index (κ1) is 14.1. The highest BCUT2D eigenvalue weighted by molar-refractivity contribution is 5.69. The van der Waals surface area contributed by atoms with Gasteiger partial charge in [0.25, 0.3) is 0 Å². The van der Waals surface area contributed by atoms with E-state index >= 15 is 0 Å². The number of aliphatic hydroxyl groups excluding tert-OH is 1. The van der Waals surface area contributed by atoms with E-state index in [-0.39, 0.29) is 24.4 Å². The molecule has 0 saturated heterocycles. The van der Waals surface area contributed by atoms with Crippen LogP contribution in [0.5, 0.6) is 0 Å². The Bertz CT molecular complexity index is 468. The molecule has 1 atom stereocenters. The zero-order valence-corrected chi connectivity index (χ0v) is 10.0. The molecule has 0 bridgehead atoms. The molecule has 1 aromatic rings. The van der Waals surface area contributed by atoms with E-state index in [4.69, 9.17) is 10.00 Å². The van der Waals surface area contributed by atoms with Crippen LogP contribution in [0.3, 0.4) is 0 Å². The molecule has 0 aliphatic carbocycles. The van der Waals surface area contributed by atoms with Crippen LogP contribution in [0, 0.1) is 17.1 Å². The van der Waals surface area contributed by atoms with Crippen LogP contribution in [0.15, 0.2) is 18.2 Å². The fraction of sp³-hybridized carbons (Fsp3) is 0.385. The highest BCUT2D eigenvalue weighted by Crippen LogP contribution is 2.21. The standard InChI is InChI=1S/C13H14FNO3/c1-2-18-13(17)6-5-12(16)9-3-4-11(14)10(7-9)8-15/h3-4,7,12,16H,2,5-6H2,1H3. The first-order valence-electron chi connectivity index (χ1n) is 5.61. The normalized spacial score (nSPS) is 11.7. The van der Waals surface area contributed by atoms with Gasteiger partial charge in [-0.2, -0.15) is 5.26 Å². The zero-order chi connectivity index (χ0) is 13.5. The van der Waals surface area contributed by atoms with E-state index in [1.165, 1.54) is 12.1 Å². The number of nitrogens with zero attached hydrogens (tertiary/aromatic N) is 1. The summed E-state index contributed by atoms with van der Waals surface area (Å²) in [7, 11) is 0. The van der Waals surface area contributed by atoms with Crippen molar-refractivity contribution in [3.63, 3.8) is 0 Å². The van der Waals surface area contributed by atoms with Gasteiger partial charge in [-0.3, -0.25) is 4.79 Å². The third kappa shape index (κ3) is 3.82. The fourth-order valence-corrected chi connectivity index (χ4v) is 1.49. The summed E-state index contributed by atoms with van der Waals surface area (Å²) < 4.78 is 17.8. The van der Waals surface area contributed by atoms with Gasteiger partial charge in [0.15, 0.2) is 0 Å². The van der Waals surface area contributed by atoms with Gasteiger partial charge in [-0.15, -0.1) is 0 Å². The summed E-state index contributed by atoms with van der Waals surface area (Å²) in [6, 6.07) is 5.50. The minimum Gasteiger partial charge on any atom is -0.466 e. The highest BCUT2D eigenvalue weighted by Gasteiger charge is 2.13. The number of aliphatic hydroxyl groups is 1. The molecule has 1 rings (SSSR count). The molecule has 1 unspecified atom stereocenters. The number of carbonyl (C=O) groups is 1. The highest BCUT2D eigenvalue weighted by atomic mass is 19.1. The Kier molecular flexibility index (Phi) is 5.28. The molecule has 1 N–H and O–H groups in total. The van der Waals surface area contributed by atoms with Gasteiger partial charge in [-0.1, -0.05) is 6.07 Å². The Morgan fingerprint density at radius 3 is 2.94 bits per heavy atom. The molecule has 0 aromatic heterocycles. The lowest BCUT2D eigenvalue weighted by Gasteiger charge is -2.10. The van der Waals surface area contributed by atoms with Gasteiger partial charge in [-0.25, -0.2) is 4.39 Å². The SMILES string of the molecule is CCOC(=O)CCC(O)c1ccc(F)c(C#N)c1. The number of rotatable bonds is 5. The molecular weight excluding hydrogens is 237 g/mol. The van der Waals surface area contributed by atoms with Crippen molar-refractivity contribution in [2.75, 3.05) is 6.61 Å². The summed E-state index contributed by atoms with van der Waals surface area (Å²) in [5, 5.41) is 18.5. The van der Waals surface area contributed by atoms with Gasteiger partial charge in [-0.05, 0) is 31.0 Å². The van der Waals surface area contributed by atoms with Gasteiger partial charge >= 0.3 is 5.97 Å². The number of nitriles is 1. The average Bonchev–Trinajstić information content (AvgIpc) is 2.37. The van der Waals surface area contributed by atoms with E-state index < -0.39 is 11.9 Å². The van der Waals surface area contributed by atoms with Crippen molar-refractivity contribution < 1.29 is 19.0 Å². The van der Waals surface area contributed by atoms with Crippen LogP contribution in [-0.2, 0) is 9.53 Å². The molecule has 0 aliphatic rings. The first-order valence-corrected chi connectivity index (χ1v) is 5.61. The van der Waals surface area contributed by atoms with Crippen molar-refractivity contribution in [3.8, 4) is 6.07 Å². The largest absolute Gasteiger partial charge is 0.466 e. The third-order valence-corrected chi connectivity index (χ3v) is 2.42. The quantitative estimate of drug-likeness (QED) is 0.813. The maximum absolute atomic E-state index is 13.1. The number of hydrogen-bond acceptors (Lipinski definition) is 4. The zero-order valence-electron chi connectivity index (χ0n) is 10.0. The lowest BCUT2D eigenvalue weighted by Crippen LogP contribution is -2.07. The van der Waals surface area contributed by atoms with Crippen LogP contribution >= 0.6 is 0 Å². The van der Waals surface area contributed by atoms with E-state index in [2.05, 4.69) is 0 Å². The van der Waals surface area contributed by atoms with Crippen LogP contribution in [0.25, 0.3) is 0 Å². The maximum atomic E-state index is 13.1. The van der Waals surface area contributed by atoms with Crippen LogP contribution < -0.4 is 0 Å². The van der Waals surface area contributed by atoms with E-state index in [1.54, 1.807) is 13.0 Å². The van der Waals surface area contributed by atoms with Crippen molar-refractivity contribution >= 4 is 5.97 Å². The third-order valence-electron chi connectivity index (χ3n) is 2.42. The minimum atomic E-state index is -0.915. The molecule has 1 aromatic carbocycles. The van der Waals surface area contributed by atoms with Gasteiger partial charge in [0, 0.05) is 6.42 Å². The summed E-state index contributed by atoms with van der Waals surface area (Å²) in [6.07, 6.45) is -0.661. The monoisotopic (exact) mass is 251 g/mol. The molecule has 18 heavy (non-hydrogen) atoms. The minimum absolute atomic E-state index is 0.0776. The van der Waals surface area contributed by atoms with Crippen LogP contribution in [0.1, 0.15) is 37.0 Å². The Morgan fingerprint density at radius 1 is 1.61 bits per heavy atom. The van der Waals surface area contributed by atoms with Crippen molar-refractivity contribution in [2.24, 2.45) is 0 Å². The molecule has 0 amide bonds. The van der Waals surface area contributed by atoms with Crippen molar-refractivity contribution in [2.45, 2.75) is 25.9 Å². The Balaban J connectivity index is 2.65. The summed E-state index contributed by atoms with van der Waals surface area (Å²) in [5.74, 6) is -1.02. The van der Waals surface area contributed by atoms with Crippen molar-refractivity contribution in [1.29, 1.82) is 5.26 Å². The molecule has 0 spiro atoms. The van der Waals surface area contributed by atoms with Crippen LogP contribution in [0.4, 0.5) is 4.39 Å². The van der Waals surface area contributed by atoms with Gasteiger partial charge in [0.05, 0.1) is 18.3 Å². The Morgan fingerprint density at radius 2 is 2.33 bits per heavy atom. The fourth-order valence-electron chi connectivity index (χ4n) is 1.49. The molecule has 96 valence electrons. The van der Waals surface area contributed by atoms with E-state index in [0.29, 0.717) is 12.2 Å². The van der Waals surface area contributed by atoms with Crippen LogP contribution in [-0.4, -0.2) is 17.7 Å². The molecular formula is C13H14FNO3. The molecule has 0 heterocycles. The smallest absolute Gasteiger partial charge is 0.305 e. The lowest BCUT2D eigenvalue weighted by atomic mass is 10.0. The van der Waals surface area contributed by atoms with Gasteiger partial charge < -0.3 is 9.84 Å².